The van der Waals surface area contributed by atoms with E-state index in [2.05, 4.69) is 20.5 Å². The molecule has 5 rings (SSSR count). The van der Waals surface area contributed by atoms with Gasteiger partial charge in [0.15, 0.2) is 5.82 Å². The molecular formula is C31H35FN8O6. The summed E-state index contributed by atoms with van der Waals surface area (Å²) in [7, 11) is 2.87. The van der Waals surface area contributed by atoms with E-state index in [-0.39, 0.29) is 44.3 Å². The first kappa shape index (κ1) is 32.1. The lowest BCUT2D eigenvalue weighted by Gasteiger charge is -2.31. The molecule has 1 saturated heterocycles. The fourth-order valence-electron chi connectivity index (χ4n) is 5.78. The predicted octanol–water partition coefficient (Wildman–Crippen LogP) is 1.11. The second kappa shape index (κ2) is 13.7. The van der Waals surface area contributed by atoms with Gasteiger partial charge in [0.05, 0.1) is 31.1 Å². The van der Waals surface area contributed by atoms with Crippen molar-refractivity contribution in [3.8, 4) is 11.1 Å². The van der Waals surface area contributed by atoms with Crippen molar-refractivity contribution in [1.82, 2.24) is 35.1 Å². The number of fused-ring (bicyclic) bond motifs is 2. The van der Waals surface area contributed by atoms with E-state index in [9.17, 15) is 24.0 Å². The van der Waals surface area contributed by atoms with Crippen LogP contribution in [0.5, 0.6) is 0 Å². The Morgan fingerprint density at radius 1 is 1.00 bits per heavy atom. The highest BCUT2D eigenvalue weighted by molar-refractivity contribution is 6.00. The van der Waals surface area contributed by atoms with Crippen LogP contribution >= 0.6 is 0 Å². The Bertz CT molecular complexity index is 1820. The molecule has 15 heteroatoms. The van der Waals surface area contributed by atoms with Gasteiger partial charge in [0.1, 0.15) is 18.6 Å². The van der Waals surface area contributed by atoms with Gasteiger partial charge in [-0.3, -0.25) is 33.3 Å². The molecule has 14 nitrogen and oxygen atoms in total. The number of hydrogen-bond donors (Lipinski definition) is 3. The minimum Gasteiger partial charge on any atom is -0.468 e. The molecule has 1 aliphatic rings. The zero-order valence-electron chi connectivity index (χ0n) is 25.5. The number of primary amides is 1. The van der Waals surface area contributed by atoms with E-state index >= 15 is 4.39 Å². The van der Waals surface area contributed by atoms with Gasteiger partial charge in [0.2, 0.25) is 23.6 Å². The van der Waals surface area contributed by atoms with Gasteiger partial charge in [-0.2, -0.15) is 10.2 Å². The maximum absolute atomic E-state index is 16.1. The molecule has 0 unspecified atom stereocenters. The van der Waals surface area contributed by atoms with Crippen LogP contribution in [0.4, 0.5) is 4.39 Å². The molecule has 0 atom stereocenters. The van der Waals surface area contributed by atoms with Crippen LogP contribution < -0.4 is 16.4 Å². The zero-order chi connectivity index (χ0) is 33.0. The fraction of sp³-hybridized carbons (Fsp3) is 0.387. The third-order valence-electron chi connectivity index (χ3n) is 8.15. The van der Waals surface area contributed by atoms with Gasteiger partial charge in [-0.05, 0) is 24.5 Å². The summed E-state index contributed by atoms with van der Waals surface area (Å²) in [6.45, 7) is -0.0221. The second-order valence-corrected chi connectivity index (χ2v) is 11.1. The summed E-state index contributed by atoms with van der Waals surface area (Å²) < 4.78 is 23.6. The van der Waals surface area contributed by atoms with E-state index in [1.807, 2.05) is 6.07 Å². The number of carbonyl (C=O) groups excluding carboxylic acids is 5. The number of nitrogens with one attached hydrogen (secondary N) is 2. The number of likely N-dealkylation sites (tertiary alicyclic amines) is 1. The average Bonchev–Trinajstić information content (AvgIpc) is 3.62. The minimum absolute atomic E-state index is 0.0151. The van der Waals surface area contributed by atoms with Gasteiger partial charge < -0.3 is 26.0 Å². The van der Waals surface area contributed by atoms with E-state index in [4.69, 9.17) is 10.8 Å². The average molecular weight is 635 g/mol. The number of carbonyl (C=O) groups is 5. The first-order chi connectivity index (χ1) is 22.1. The molecule has 0 bridgehead atoms. The van der Waals surface area contributed by atoms with Gasteiger partial charge in [0, 0.05) is 55.2 Å². The highest BCUT2D eigenvalue weighted by Crippen LogP contribution is 2.40. The van der Waals surface area contributed by atoms with Crippen LogP contribution in [-0.2, 0) is 42.3 Å². The van der Waals surface area contributed by atoms with Gasteiger partial charge >= 0.3 is 5.97 Å². The monoisotopic (exact) mass is 634 g/mol. The molecule has 2 aromatic carbocycles. The standard InChI is InChI=1S/C31H35FN8O6/c1-38-31-19(14-36-38)6-7-21(29(31)32)20-4-3-5-22-28(20)30(18-10-12-39(13-11-18)26(44)9-8-23(33)41)37-40(22)17-25(43)34-15-24(42)35-16-27(45)46-2/h3-7,14,18H,8-13,15-17H2,1-2H3,(H2,33,41)(H,34,43)(H,35,42). The van der Waals surface area contributed by atoms with Gasteiger partial charge in [-0.1, -0.05) is 24.3 Å². The summed E-state index contributed by atoms with van der Waals surface area (Å²) in [6, 6.07) is 8.89. The molecular weight excluding hydrogens is 599 g/mol. The predicted molar refractivity (Wildman–Crippen MR) is 164 cm³/mol. The molecule has 0 radical (unpaired) electrons. The molecule has 4 amide bonds. The fourth-order valence-corrected chi connectivity index (χ4v) is 5.78. The topological polar surface area (TPSA) is 184 Å². The number of hydrogen-bond acceptors (Lipinski definition) is 8. The smallest absolute Gasteiger partial charge is 0.325 e. The van der Waals surface area contributed by atoms with Crippen LogP contribution in [0.3, 0.4) is 0 Å². The molecule has 0 spiro atoms. The summed E-state index contributed by atoms with van der Waals surface area (Å²) in [4.78, 5) is 61.8. The molecule has 4 N–H and O–H groups in total. The molecule has 1 fully saturated rings. The first-order valence-electron chi connectivity index (χ1n) is 14.8. The first-order valence-corrected chi connectivity index (χ1v) is 14.8. The number of benzene rings is 2. The Labute approximate surface area is 263 Å². The number of nitrogens with two attached hydrogens (primary N) is 1. The summed E-state index contributed by atoms with van der Waals surface area (Å²) in [5.74, 6) is -2.90. The number of ether oxygens (including phenoxy) is 1. The van der Waals surface area contributed by atoms with Crippen LogP contribution in [0.15, 0.2) is 36.5 Å². The number of halogens is 1. The van der Waals surface area contributed by atoms with Gasteiger partial charge in [-0.25, -0.2) is 4.39 Å². The van der Waals surface area contributed by atoms with Crippen molar-refractivity contribution in [2.45, 2.75) is 38.1 Å². The normalized spacial score (nSPS) is 13.6. The lowest BCUT2D eigenvalue weighted by molar-refractivity contribution is -0.141. The largest absolute Gasteiger partial charge is 0.468 e. The number of amides is 4. The minimum atomic E-state index is -0.620. The summed E-state index contributed by atoms with van der Waals surface area (Å²) >= 11 is 0. The van der Waals surface area contributed by atoms with Crippen molar-refractivity contribution < 1.29 is 33.1 Å². The van der Waals surface area contributed by atoms with E-state index in [1.165, 1.54) is 16.5 Å². The molecule has 46 heavy (non-hydrogen) atoms. The highest BCUT2D eigenvalue weighted by atomic mass is 19.1. The second-order valence-electron chi connectivity index (χ2n) is 11.1. The maximum atomic E-state index is 16.1. The molecule has 0 aliphatic carbocycles. The van der Waals surface area contributed by atoms with E-state index in [1.54, 1.807) is 42.4 Å². The summed E-state index contributed by atoms with van der Waals surface area (Å²) in [5.41, 5.74) is 7.79. The van der Waals surface area contributed by atoms with Crippen LogP contribution in [0.1, 0.15) is 37.3 Å². The lowest BCUT2D eigenvalue weighted by atomic mass is 9.88. The molecule has 3 heterocycles. The molecule has 4 aromatic rings. The Kier molecular flexibility index (Phi) is 9.58. The van der Waals surface area contributed by atoms with Gasteiger partial charge in [0.25, 0.3) is 0 Å². The van der Waals surface area contributed by atoms with Crippen LogP contribution in [0.25, 0.3) is 32.9 Å². The third-order valence-corrected chi connectivity index (χ3v) is 8.15. The van der Waals surface area contributed by atoms with E-state index in [0.717, 1.165) is 0 Å². The van der Waals surface area contributed by atoms with Crippen LogP contribution in [-0.4, -0.2) is 87.3 Å². The molecule has 0 saturated carbocycles. The van der Waals surface area contributed by atoms with E-state index < -0.39 is 29.5 Å². The highest BCUT2D eigenvalue weighted by Gasteiger charge is 2.29. The SMILES string of the molecule is COC(=O)CNC(=O)CNC(=O)Cn1nc(C2CCN(C(=O)CCC(N)=O)CC2)c2c(-c3ccc4cnn(C)c4c3F)cccc21. The van der Waals surface area contributed by atoms with Crippen molar-refractivity contribution in [1.29, 1.82) is 0 Å². The van der Waals surface area contributed by atoms with Gasteiger partial charge in [-0.15, -0.1) is 0 Å². The number of aromatic nitrogens is 4. The Morgan fingerprint density at radius 2 is 1.74 bits per heavy atom. The number of nitrogens with zero attached hydrogens (tertiary/aromatic N) is 5. The number of esters is 1. The zero-order valence-corrected chi connectivity index (χ0v) is 25.5. The Balaban J connectivity index is 1.45. The van der Waals surface area contributed by atoms with Crippen molar-refractivity contribution in [2.24, 2.45) is 12.8 Å². The number of piperidine rings is 1. The number of aryl methyl sites for hydroxylation is 1. The van der Waals surface area contributed by atoms with E-state index in [0.29, 0.717) is 64.6 Å². The van der Waals surface area contributed by atoms with Crippen molar-refractivity contribution in [3.05, 3.63) is 48.0 Å². The maximum Gasteiger partial charge on any atom is 0.325 e. The summed E-state index contributed by atoms with van der Waals surface area (Å²) in [5, 5.41) is 15.3. The Hall–Kier alpha value is -5.34. The van der Waals surface area contributed by atoms with Crippen molar-refractivity contribution in [2.75, 3.05) is 33.3 Å². The quantitative estimate of drug-likeness (QED) is 0.205. The van der Waals surface area contributed by atoms with Crippen LogP contribution in [0, 0.1) is 5.82 Å². The number of methoxy groups -OCH3 is 1. The molecule has 1 aliphatic heterocycles. The molecule has 2 aromatic heterocycles. The number of rotatable bonds is 11. The lowest BCUT2D eigenvalue weighted by Crippen LogP contribution is -2.40. The van der Waals surface area contributed by atoms with Crippen molar-refractivity contribution >= 4 is 51.4 Å². The van der Waals surface area contributed by atoms with Crippen molar-refractivity contribution in [3.63, 3.8) is 0 Å². The Morgan fingerprint density at radius 3 is 2.46 bits per heavy atom. The third kappa shape index (κ3) is 6.82. The molecule has 242 valence electrons. The van der Waals surface area contributed by atoms with Crippen LogP contribution in [0.2, 0.25) is 0 Å². The summed E-state index contributed by atoms with van der Waals surface area (Å²) in [6.07, 6.45) is 2.77.